The number of ether oxygens (including phenoxy) is 1. The Morgan fingerprint density at radius 2 is 1.89 bits per heavy atom. The summed E-state index contributed by atoms with van der Waals surface area (Å²) in [5, 5.41) is 0. The van der Waals surface area contributed by atoms with Crippen LogP contribution in [0.5, 0.6) is 5.75 Å². The fraction of sp³-hybridized carbons (Fsp3) is 0.385. The lowest BCUT2D eigenvalue weighted by Crippen LogP contribution is -2.42. The van der Waals surface area contributed by atoms with Crippen molar-refractivity contribution < 1.29 is 14.3 Å². The molecule has 0 atom stereocenters. The maximum absolute atomic E-state index is 11.9. The highest BCUT2D eigenvalue weighted by Gasteiger charge is 2.31. The maximum Gasteiger partial charge on any atom is 0.234 e. The van der Waals surface area contributed by atoms with Gasteiger partial charge in [-0.1, -0.05) is 6.92 Å². The Balaban J connectivity index is 2.33. The topological polar surface area (TPSA) is 72.6 Å². The summed E-state index contributed by atoms with van der Waals surface area (Å²) in [5.41, 5.74) is 6.70. The standard InChI is InChI=1S/C13H16N2O3/c1-8-5-12(16)15(13(17)6-8)9-3-4-11(18-2)10(14)7-9/h3-4,7-8H,5-6,14H2,1-2H3. The lowest BCUT2D eigenvalue weighted by molar-refractivity contribution is -0.130. The number of nitrogens with zero attached hydrogens (tertiary/aromatic N) is 1. The van der Waals surface area contributed by atoms with E-state index in [4.69, 9.17) is 10.5 Å². The van der Waals surface area contributed by atoms with Gasteiger partial charge < -0.3 is 10.5 Å². The molecule has 0 radical (unpaired) electrons. The zero-order valence-electron chi connectivity index (χ0n) is 10.5. The first-order chi connectivity index (χ1) is 8.52. The van der Waals surface area contributed by atoms with E-state index in [-0.39, 0.29) is 17.7 Å². The van der Waals surface area contributed by atoms with E-state index in [9.17, 15) is 9.59 Å². The minimum absolute atomic E-state index is 0.108. The Labute approximate surface area is 106 Å². The Kier molecular flexibility index (Phi) is 3.23. The number of hydrogen-bond donors (Lipinski definition) is 1. The lowest BCUT2D eigenvalue weighted by Gasteiger charge is -2.28. The summed E-state index contributed by atoms with van der Waals surface area (Å²) in [6.07, 6.45) is 0.773. The fourth-order valence-corrected chi connectivity index (χ4v) is 2.14. The summed E-state index contributed by atoms with van der Waals surface area (Å²) in [5.74, 6) is 0.285. The molecule has 96 valence electrons. The molecule has 1 heterocycles. The number of nitrogen functional groups attached to an aromatic ring is 1. The molecule has 0 aliphatic carbocycles. The van der Waals surface area contributed by atoms with Crippen molar-refractivity contribution in [2.45, 2.75) is 19.8 Å². The van der Waals surface area contributed by atoms with E-state index in [1.165, 1.54) is 12.0 Å². The molecule has 2 rings (SSSR count). The zero-order valence-corrected chi connectivity index (χ0v) is 10.5. The molecule has 1 fully saturated rings. The van der Waals surface area contributed by atoms with Gasteiger partial charge >= 0.3 is 0 Å². The van der Waals surface area contributed by atoms with E-state index in [1.54, 1.807) is 18.2 Å². The molecule has 1 aromatic carbocycles. The SMILES string of the molecule is COc1ccc(N2C(=O)CC(C)CC2=O)cc1N. The minimum Gasteiger partial charge on any atom is -0.495 e. The molecule has 0 aromatic heterocycles. The Morgan fingerprint density at radius 3 is 2.39 bits per heavy atom. The number of carbonyl (C=O) groups excluding carboxylic acids is 2. The van der Waals surface area contributed by atoms with E-state index in [2.05, 4.69) is 0 Å². The van der Waals surface area contributed by atoms with Crippen LogP contribution in [-0.2, 0) is 9.59 Å². The average molecular weight is 248 g/mol. The van der Waals surface area contributed by atoms with Crippen molar-refractivity contribution in [3.05, 3.63) is 18.2 Å². The van der Waals surface area contributed by atoms with E-state index in [0.29, 0.717) is 30.0 Å². The van der Waals surface area contributed by atoms with Crippen molar-refractivity contribution in [1.29, 1.82) is 0 Å². The van der Waals surface area contributed by atoms with Crippen molar-refractivity contribution in [1.82, 2.24) is 0 Å². The van der Waals surface area contributed by atoms with E-state index in [0.717, 1.165) is 0 Å². The van der Waals surface area contributed by atoms with Crippen molar-refractivity contribution in [3.63, 3.8) is 0 Å². The predicted molar refractivity (Wildman–Crippen MR) is 68.3 cm³/mol. The second kappa shape index (κ2) is 4.68. The summed E-state index contributed by atoms with van der Waals surface area (Å²) in [4.78, 5) is 25.0. The molecule has 1 aliphatic rings. The molecule has 2 amide bonds. The summed E-state index contributed by atoms with van der Waals surface area (Å²) in [6.45, 7) is 1.90. The molecule has 0 saturated carbocycles. The van der Waals surface area contributed by atoms with E-state index < -0.39 is 0 Å². The van der Waals surface area contributed by atoms with Crippen molar-refractivity contribution >= 4 is 23.2 Å². The van der Waals surface area contributed by atoms with Gasteiger partial charge in [-0.2, -0.15) is 0 Å². The molecular formula is C13H16N2O3. The normalized spacial score (nSPS) is 17.1. The molecule has 5 nitrogen and oxygen atoms in total. The van der Waals surface area contributed by atoms with E-state index >= 15 is 0 Å². The molecule has 18 heavy (non-hydrogen) atoms. The number of amides is 2. The first-order valence-electron chi connectivity index (χ1n) is 5.82. The van der Waals surface area contributed by atoms with Crippen molar-refractivity contribution in [3.8, 4) is 5.75 Å². The number of rotatable bonds is 2. The molecule has 1 saturated heterocycles. The zero-order chi connectivity index (χ0) is 13.3. The molecule has 1 aliphatic heterocycles. The van der Waals surface area contributed by atoms with Crippen LogP contribution in [0.2, 0.25) is 0 Å². The van der Waals surface area contributed by atoms with Gasteiger partial charge in [0.15, 0.2) is 0 Å². The predicted octanol–water partition coefficient (Wildman–Crippen LogP) is 1.57. The van der Waals surface area contributed by atoms with Gasteiger partial charge in [0.05, 0.1) is 18.5 Å². The van der Waals surface area contributed by atoms with Crippen LogP contribution in [0.4, 0.5) is 11.4 Å². The van der Waals surface area contributed by atoms with Gasteiger partial charge in [-0.05, 0) is 24.1 Å². The molecule has 0 unspecified atom stereocenters. The summed E-state index contributed by atoms with van der Waals surface area (Å²) < 4.78 is 5.04. The van der Waals surface area contributed by atoms with Gasteiger partial charge in [-0.25, -0.2) is 0 Å². The molecule has 0 bridgehead atoms. The van der Waals surface area contributed by atoms with Crippen molar-refractivity contribution in [2.75, 3.05) is 17.7 Å². The third-order valence-electron chi connectivity index (χ3n) is 3.02. The Morgan fingerprint density at radius 1 is 1.28 bits per heavy atom. The third-order valence-corrected chi connectivity index (χ3v) is 3.02. The number of hydrogen-bond acceptors (Lipinski definition) is 4. The number of imide groups is 1. The third kappa shape index (κ3) is 2.16. The number of piperidine rings is 1. The molecule has 1 aromatic rings. The smallest absolute Gasteiger partial charge is 0.234 e. The van der Waals surface area contributed by atoms with Crippen LogP contribution in [0, 0.1) is 5.92 Å². The summed E-state index contributed by atoms with van der Waals surface area (Å²) in [6, 6.07) is 4.91. The van der Waals surface area contributed by atoms with Gasteiger partial charge in [0, 0.05) is 12.8 Å². The minimum atomic E-state index is -0.177. The number of anilines is 2. The Bertz CT molecular complexity index is 481. The monoisotopic (exact) mass is 248 g/mol. The highest BCUT2D eigenvalue weighted by atomic mass is 16.5. The average Bonchev–Trinajstić information content (AvgIpc) is 2.27. The van der Waals surface area contributed by atoms with Gasteiger partial charge in [-0.3, -0.25) is 14.5 Å². The molecule has 2 N–H and O–H groups in total. The van der Waals surface area contributed by atoms with Crippen LogP contribution in [0.3, 0.4) is 0 Å². The molecule has 5 heteroatoms. The number of methoxy groups -OCH3 is 1. The van der Waals surface area contributed by atoms with Gasteiger partial charge in [0.2, 0.25) is 11.8 Å². The Hall–Kier alpha value is -2.04. The van der Waals surface area contributed by atoms with Crippen LogP contribution < -0.4 is 15.4 Å². The quantitative estimate of drug-likeness (QED) is 0.637. The second-order valence-electron chi connectivity index (χ2n) is 4.56. The van der Waals surface area contributed by atoms with Crippen LogP contribution in [0.25, 0.3) is 0 Å². The first kappa shape index (κ1) is 12.4. The summed E-state index contributed by atoms with van der Waals surface area (Å²) >= 11 is 0. The van der Waals surface area contributed by atoms with Gasteiger partial charge in [0.1, 0.15) is 5.75 Å². The fourth-order valence-electron chi connectivity index (χ4n) is 2.14. The largest absolute Gasteiger partial charge is 0.495 e. The van der Waals surface area contributed by atoms with Crippen molar-refractivity contribution in [2.24, 2.45) is 5.92 Å². The first-order valence-corrected chi connectivity index (χ1v) is 5.82. The maximum atomic E-state index is 11.9. The van der Waals surface area contributed by atoms with Crippen LogP contribution in [-0.4, -0.2) is 18.9 Å². The molecule has 0 spiro atoms. The second-order valence-corrected chi connectivity index (χ2v) is 4.56. The number of nitrogens with two attached hydrogens (primary N) is 1. The van der Waals surface area contributed by atoms with Gasteiger partial charge in [0.25, 0.3) is 0 Å². The highest BCUT2D eigenvalue weighted by Crippen LogP contribution is 2.30. The van der Waals surface area contributed by atoms with Crippen LogP contribution in [0.15, 0.2) is 18.2 Å². The van der Waals surface area contributed by atoms with Gasteiger partial charge in [-0.15, -0.1) is 0 Å². The summed E-state index contributed by atoms with van der Waals surface area (Å²) in [7, 11) is 1.52. The number of carbonyl (C=O) groups is 2. The lowest BCUT2D eigenvalue weighted by atomic mass is 9.97. The number of benzene rings is 1. The van der Waals surface area contributed by atoms with Crippen LogP contribution in [0.1, 0.15) is 19.8 Å². The van der Waals surface area contributed by atoms with E-state index in [1.807, 2.05) is 6.92 Å². The molecular weight excluding hydrogens is 232 g/mol. The van der Waals surface area contributed by atoms with Crippen LogP contribution >= 0.6 is 0 Å². The highest BCUT2D eigenvalue weighted by molar-refractivity contribution is 6.16.